The van der Waals surface area contributed by atoms with Gasteiger partial charge in [0.2, 0.25) is 5.91 Å². The van der Waals surface area contributed by atoms with E-state index >= 15 is 0 Å². The Labute approximate surface area is 99.3 Å². The minimum absolute atomic E-state index is 0.0284. The standard InChI is InChI=1S/C10H12ClNO3S/c1-10(2,9(12)13)16(14,15)8-5-3-7(11)4-6-8/h3-6H,1-2H3,(H2,12,13). The molecule has 1 amide bonds. The third-order valence-electron chi connectivity index (χ3n) is 2.39. The Morgan fingerprint density at radius 3 is 2.06 bits per heavy atom. The molecule has 0 unspecified atom stereocenters. The molecule has 2 N–H and O–H groups in total. The van der Waals surface area contributed by atoms with Crippen LogP contribution >= 0.6 is 11.6 Å². The fraction of sp³-hybridized carbons (Fsp3) is 0.300. The molecule has 0 radical (unpaired) electrons. The summed E-state index contributed by atoms with van der Waals surface area (Å²) in [5.74, 6) is -0.887. The van der Waals surface area contributed by atoms with Gasteiger partial charge in [-0.15, -0.1) is 0 Å². The largest absolute Gasteiger partial charge is 0.368 e. The van der Waals surface area contributed by atoms with E-state index in [1.165, 1.54) is 38.1 Å². The Balaban J connectivity index is 3.33. The van der Waals surface area contributed by atoms with Gasteiger partial charge in [0.05, 0.1) is 4.90 Å². The van der Waals surface area contributed by atoms with Gasteiger partial charge in [-0.3, -0.25) is 4.79 Å². The number of primary amides is 1. The summed E-state index contributed by atoms with van der Waals surface area (Å²) < 4.78 is 22.5. The van der Waals surface area contributed by atoms with Crippen LogP contribution in [0, 0.1) is 0 Å². The molecule has 0 saturated carbocycles. The first kappa shape index (κ1) is 13.0. The Morgan fingerprint density at radius 2 is 1.69 bits per heavy atom. The zero-order valence-electron chi connectivity index (χ0n) is 8.90. The topological polar surface area (TPSA) is 77.2 Å². The molecule has 88 valence electrons. The molecule has 0 aliphatic heterocycles. The molecule has 1 rings (SSSR count). The van der Waals surface area contributed by atoms with Gasteiger partial charge < -0.3 is 5.73 Å². The molecule has 0 fully saturated rings. The quantitative estimate of drug-likeness (QED) is 0.893. The van der Waals surface area contributed by atoms with Crippen LogP contribution in [0.15, 0.2) is 29.2 Å². The van der Waals surface area contributed by atoms with Gasteiger partial charge in [0.25, 0.3) is 0 Å². The fourth-order valence-corrected chi connectivity index (χ4v) is 2.52. The van der Waals surface area contributed by atoms with E-state index in [9.17, 15) is 13.2 Å². The monoisotopic (exact) mass is 261 g/mol. The minimum Gasteiger partial charge on any atom is -0.368 e. The number of halogens is 1. The number of nitrogens with two attached hydrogens (primary N) is 1. The minimum atomic E-state index is -3.79. The van der Waals surface area contributed by atoms with Gasteiger partial charge in [0, 0.05) is 5.02 Å². The number of amides is 1. The van der Waals surface area contributed by atoms with Crippen LogP contribution in [0.4, 0.5) is 0 Å². The van der Waals surface area contributed by atoms with Gasteiger partial charge in [-0.05, 0) is 38.1 Å². The summed E-state index contributed by atoms with van der Waals surface area (Å²) in [4.78, 5) is 11.2. The maximum atomic E-state index is 12.1. The van der Waals surface area contributed by atoms with Crippen molar-refractivity contribution in [2.45, 2.75) is 23.5 Å². The molecule has 0 aromatic heterocycles. The van der Waals surface area contributed by atoms with Crippen molar-refractivity contribution in [2.24, 2.45) is 5.73 Å². The second-order valence-electron chi connectivity index (χ2n) is 3.83. The first-order chi connectivity index (χ1) is 7.19. The lowest BCUT2D eigenvalue weighted by molar-refractivity contribution is -0.119. The van der Waals surface area contributed by atoms with Crippen molar-refractivity contribution in [3.63, 3.8) is 0 Å². The third kappa shape index (κ3) is 2.05. The summed E-state index contributed by atoms with van der Waals surface area (Å²) in [6, 6.07) is 5.60. The molecule has 0 aliphatic carbocycles. The van der Waals surface area contributed by atoms with Crippen molar-refractivity contribution in [1.29, 1.82) is 0 Å². The van der Waals surface area contributed by atoms with Crippen molar-refractivity contribution in [1.82, 2.24) is 0 Å². The molecule has 0 bridgehead atoms. The molecular weight excluding hydrogens is 250 g/mol. The van der Waals surface area contributed by atoms with Crippen molar-refractivity contribution >= 4 is 27.3 Å². The van der Waals surface area contributed by atoms with E-state index in [1.807, 2.05) is 0 Å². The summed E-state index contributed by atoms with van der Waals surface area (Å²) >= 11 is 5.65. The van der Waals surface area contributed by atoms with Gasteiger partial charge in [-0.1, -0.05) is 11.6 Å². The lowest BCUT2D eigenvalue weighted by Gasteiger charge is -2.20. The van der Waals surface area contributed by atoms with Gasteiger partial charge in [0.15, 0.2) is 9.84 Å². The molecule has 0 spiro atoms. The van der Waals surface area contributed by atoms with Crippen molar-refractivity contribution in [2.75, 3.05) is 0 Å². The number of benzene rings is 1. The predicted molar refractivity (Wildman–Crippen MR) is 61.9 cm³/mol. The highest BCUT2D eigenvalue weighted by Gasteiger charge is 2.41. The van der Waals surface area contributed by atoms with Crippen LogP contribution in [0.25, 0.3) is 0 Å². The maximum Gasteiger partial charge on any atom is 0.238 e. The number of hydrogen-bond acceptors (Lipinski definition) is 3. The summed E-state index contributed by atoms with van der Waals surface area (Å²) in [5, 5.41) is 0.427. The van der Waals surface area contributed by atoms with Crippen LogP contribution in [-0.2, 0) is 14.6 Å². The normalized spacial score (nSPS) is 12.4. The molecule has 6 heteroatoms. The molecule has 1 aromatic carbocycles. The highest BCUT2D eigenvalue weighted by molar-refractivity contribution is 7.93. The van der Waals surface area contributed by atoms with E-state index in [0.29, 0.717) is 5.02 Å². The molecule has 0 atom stereocenters. The molecule has 16 heavy (non-hydrogen) atoms. The number of sulfone groups is 1. The van der Waals surface area contributed by atoms with Crippen LogP contribution in [-0.4, -0.2) is 19.1 Å². The van der Waals surface area contributed by atoms with Gasteiger partial charge >= 0.3 is 0 Å². The van der Waals surface area contributed by atoms with Crippen LogP contribution in [0.1, 0.15) is 13.8 Å². The van der Waals surface area contributed by atoms with Crippen LogP contribution in [0.3, 0.4) is 0 Å². The molecule has 4 nitrogen and oxygen atoms in total. The zero-order chi connectivity index (χ0) is 12.6. The number of hydrogen-bond donors (Lipinski definition) is 1. The molecule has 1 aromatic rings. The number of carbonyl (C=O) groups is 1. The summed E-state index contributed by atoms with van der Waals surface area (Å²) in [6.07, 6.45) is 0. The van der Waals surface area contributed by atoms with E-state index < -0.39 is 20.5 Å². The summed E-state index contributed by atoms with van der Waals surface area (Å²) in [7, 11) is -3.79. The summed E-state index contributed by atoms with van der Waals surface area (Å²) in [6.45, 7) is 2.55. The lowest BCUT2D eigenvalue weighted by Crippen LogP contribution is -2.45. The van der Waals surface area contributed by atoms with E-state index in [1.54, 1.807) is 0 Å². The lowest BCUT2D eigenvalue weighted by atomic mass is 10.2. The third-order valence-corrected chi connectivity index (χ3v) is 5.08. The first-order valence-electron chi connectivity index (χ1n) is 4.49. The Bertz CT molecular complexity index is 505. The summed E-state index contributed by atoms with van der Waals surface area (Å²) in [5.41, 5.74) is 5.08. The van der Waals surface area contributed by atoms with Crippen molar-refractivity contribution in [3.8, 4) is 0 Å². The maximum absolute atomic E-state index is 12.1. The first-order valence-corrected chi connectivity index (χ1v) is 6.36. The van der Waals surface area contributed by atoms with Gasteiger partial charge in [0.1, 0.15) is 4.75 Å². The Morgan fingerprint density at radius 1 is 1.25 bits per heavy atom. The molecule has 0 aliphatic rings. The van der Waals surface area contributed by atoms with Crippen LogP contribution in [0.2, 0.25) is 5.02 Å². The average molecular weight is 262 g/mol. The van der Waals surface area contributed by atoms with E-state index in [2.05, 4.69) is 0 Å². The van der Waals surface area contributed by atoms with Crippen molar-refractivity contribution in [3.05, 3.63) is 29.3 Å². The second-order valence-corrected chi connectivity index (χ2v) is 6.77. The molecular formula is C10H12ClNO3S. The second kappa shape index (κ2) is 4.07. The van der Waals surface area contributed by atoms with E-state index in [-0.39, 0.29) is 4.90 Å². The van der Waals surface area contributed by atoms with Crippen molar-refractivity contribution < 1.29 is 13.2 Å². The van der Waals surface area contributed by atoms with Crippen LogP contribution in [0.5, 0.6) is 0 Å². The number of rotatable bonds is 3. The Hall–Kier alpha value is -1.07. The van der Waals surface area contributed by atoms with E-state index in [4.69, 9.17) is 17.3 Å². The van der Waals surface area contributed by atoms with E-state index in [0.717, 1.165) is 0 Å². The SMILES string of the molecule is CC(C)(C(N)=O)S(=O)(=O)c1ccc(Cl)cc1. The van der Waals surface area contributed by atoms with Gasteiger partial charge in [-0.25, -0.2) is 8.42 Å². The molecule has 0 heterocycles. The highest BCUT2D eigenvalue weighted by atomic mass is 35.5. The zero-order valence-corrected chi connectivity index (χ0v) is 10.5. The van der Waals surface area contributed by atoms with Gasteiger partial charge in [-0.2, -0.15) is 0 Å². The Kier molecular flexibility index (Phi) is 3.30. The fourth-order valence-electron chi connectivity index (χ4n) is 1.04. The molecule has 0 saturated heterocycles. The average Bonchev–Trinajstić information content (AvgIpc) is 2.17. The van der Waals surface area contributed by atoms with Crippen LogP contribution < -0.4 is 5.73 Å². The smallest absolute Gasteiger partial charge is 0.238 e. The predicted octanol–water partition coefficient (Wildman–Crippen LogP) is 1.38. The number of carbonyl (C=O) groups excluding carboxylic acids is 1. The highest BCUT2D eigenvalue weighted by Crippen LogP contribution is 2.25.